The van der Waals surface area contributed by atoms with Crippen LogP contribution in [0.5, 0.6) is 0 Å². The first-order valence-corrected chi connectivity index (χ1v) is 8.33. The molecule has 0 spiro atoms. The highest BCUT2D eigenvalue weighted by atomic mass is 32.2. The number of rotatable bonds is 4. The minimum Gasteiger partial charge on any atom is -0.370 e. The van der Waals surface area contributed by atoms with E-state index in [1.54, 1.807) is 11.8 Å². The number of nitrogens with zero attached hydrogens (tertiary/aromatic N) is 1. The minimum atomic E-state index is 0.0785. The average molecular weight is 278 g/mol. The van der Waals surface area contributed by atoms with E-state index in [2.05, 4.69) is 16.3 Å². The van der Waals surface area contributed by atoms with Crippen LogP contribution >= 0.6 is 11.8 Å². The van der Waals surface area contributed by atoms with Crippen molar-refractivity contribution in [3.8, 4) is 0 Å². The van der Waals surface area contributed by atoms with Gasteiger partial charge in [0.25, 0.3) is 0 Å². The van der Waals surface area contributed by atoms with Crippen molar-refractivity contribution in [1.82, 2.24) is 0 Å². The molecule has 4 heteroatoms. The SMILES string of the molecule is CSCC(=O)Nc1ccccc1N1CCCCCC1. The summed E-state index contributed by atoms with van der Waals surface area (Å²) in [6, 6.07) is 8.14. The molecule has 1 amide bonds. The van der Waals surface area contributed by atoms with Crippen LogP contribution in [0.25, 0.3) is 0 Å². The van der Waals surface area contributed by atoms with Gasteiger partial charge in [0, 0.05) is 13.1 Å². The average Bonchev–Trinajstić information content (AvgIpc) is 2.68. The highest BCUT2D eigenvalue weighted by Gasteiger charge is 2.14. The number of thioether (sulfide) groups is 1. The Balaban J connectivity index is 2.12. The summed E-state index contributed by atoms with van der Waals surface area (Å²) in [5.41, 5.74) is 2.11. The second kappa shape index (κ2) is 7.43. The van der Waals surface area contributed by atoms with Gasteiger partial charge >= 0.3 is 0 Å². The maximum absolute atomic E-state index is 11.8. The third-order valence-electron chi connectivity index (χ3n) is 3.40. The fraction of sp³-hybridized carbons (Fsp3) is 0.533. The lowest BCUT2D eigenvalue weighted by atomic mass is 10.2. The fourth-order valence-electron chi connectivity index (χ4n) is 2.48. The molecular weight excluding hydrogens is 256 g/mol. The molecule has 1 heterocycles. The summed E-state index contributed by atoms with van der Waals surface area (Å²) in [6.07, 6.45) is 7.06. The highest BCUT2D eigenvalue weighted by molar-refractivity contribution is 7.99. The van der Waals surface area contributed by atoms with Crippen LogP contribution in [0, 0.1) is 0 Å². The Bertz CT molecular complexity index is 414. The minimum absolute atomic E-state index is 0.0785. The lowest BCUT2D eigenvalue weighted by Gasteiger charge is -2.25. The summed E-state index contributed by atoms with van der Waals surface area (Å²) >= 11 is 1.55. The first-order valence-electron chi connectivity index (χ1n) is 6.94. The van der Waals surface area contributed by atoms with E-state index in [0.29, 0.717) is 5.75 Å². The Morgan fingerprint density at radius 3 is 2.58 bits per heavy atom. The molecule has 0 aromatic heterocycles. The molecule has 1 saturated heterocycles. The number of anilines is 2. The van der Waals surface area contributed by atoms with E-state index < -0.39 is 0 Å². The normalized spacial score (nSPS) is 15.9. The van der Waals surface area contributed by atoms with Gasteiger partial charge in [-0.1, -0.05) is 25.0 Å². The number of amides is 1. The van der Waals surface area contributed by atoms with E-state index in [9.17, 15) is 4.79 Å². The maximum Gasteiger partial charge on any atom is 0.234 e. The van der Waals surface area contributed by atoms with Gasteiger partial charge in [0.2, 0.25) is 5.91 Å². The largest absolute Gasteiger partial charge is 0.370 e. The number of benzene rings is 1. The summed E-state index contributed by atoms with van der Waals surface area (Å²) < 4.78 is 0. The van der Waals surface area contributed by atoms with Gasteiger partial charge in [-0.3, -0.25) is 4.79 Å². The Kier molecular flexibility index (Phi) is 5.58. The number of hydrogen-bond donors (Lipinski definition) is 1. The smallest absolute Gasteiger partial charge is 0.234 e. The second-order valence-electron chi connectivity index (χ2n) is 4.90. The number of nitrogens with one attached hydrogen (secondary N) is 1. The third-order valence-corrected chi connectivity index (χ3v) is 3.95. The molecule has 1 fully saturated rings. The molecule has 19 heavy (non-hydrogen) atoms. The number of carbonyl (C=O) groups excluding carboxylic acids is 1. The van der Waals surface area contributed by atoms with E-state index in [0.717, 1.165) is 18.8 Å². The number of para-hydroxylation sites is 2. The van der Waals surface area contributed by atoms with E-state index in [1.165, 1.54) is 31.4 Å². The summed E-state index contributed by atoms with van der Waals surface area (Å²) in [5, 5.41) is 3.03. The van der Waals surface area contributed by atoms with Gasteiger partial charge < -0.3 is 10.2 Å². The van der Waals surface area contributed by atoms with Crippen molar-refractivity contribution in [2.45, 2.75) is 25.7 Å². The zero-order valence-electron chi connectivity index (χ0n) is 11.5. The summed E-state index contributed by atoms with van der Waals surface area (Å²) in [7, 11) is 0. The molecule has 0 radical (unpaired) electrons. The van der Waals surface area contributed by atoms with Crippen LogP contribution in [0.15, 0.2) is 24.3 Å². The Hall–Kier alpha value is -1.16. The van der Waals surface area contributed by atoms with Gasteiger partial charge in [0.15, 0.2) is 0 Å². The van der Waals surface area contributed by atoms with E-state index in [1.807, 2.05) is 24.5 Å². The van der Waals surface area contributed by atoms with Crippen molar-refractivity contribution < 1.29 is 4.79 Å². The van der Waals surface area contributed by atoms with Crippen LogP contribution in [-0.4, -0.2) is 31.0 Å². The van der Waals surface area contributed by atoms with Crippen molar-refractivity contribution in [2.24, 2.45) is 0 Å². The molecule has 0 unspecified atom stereocenters. The van der Waals surface area contributed by atoms with Gasteiger partial charge in [-0.2, -0.15) is 11.8 Å². The van der Waals surface area contributed by atoms with Gasteiger partial charge in [-0.15, -0.1) is 0 Å². The molecule has 2 rings (SSSR count). The van der Waals surface area contributed by atoms with Crippen molar-refractivity contribution >= 4 is 29.0 Å². The van der Waals surface area contributed by atoms with Crippen molar-refractivity contribution in [3.05, 3.63) is 24.3 Å². The van der Waals surface area contributed by atoms with Crippen molar-refractivity contribution in [3.63, 3.8) is 0 Å². The van der Waals surface area contributed by atoms with E-state index in [4.69, 9.17) is 0 Å². The summed E-state index contributed by atoms with van der Waals surface area (Å²) in [6.45, 7) is 2.19. The van der Waals surface area contributed by atoms with Crippen LogP contribution in [0.4, 0.5) is 11.4 Å². The molecule has 1 aromatic carbocycles. The van der Waals surface area contributed by atoms with Crippen molar-refractivity contribution in [1.29, 1.82) is 0 Å². The number of carbonyl (C=O) groups is 1. The molecule has 1 aliphatic rings. The lowest BCUT2D eigenvalue weighted by Crippen LogP contribution is -2.26. The van der Waals surface area contributed by atoms with Gasteiger partial charge in [0.1, 0.15) is 0 Å². The van der Waals surface area contributed by atoms with Crippen LogP contribution in [-0.2, 0) is 4.79 Å². The molecular formula is C15H22N2OS. The molecule has 104 valence electrons. The van der Waals surface area contributed by atoms with E-state index in [-0.39, 0.29) is 5.91 Å². The van der Waals surface area contributed by atoms with Gasteiger partial charge in [-0.05, 0) is 31.2 Å². The Morgan fingerprint density at radius 1 is 1.21 bits per heavy atom. The standard InChI is InChI=1S/C15H22N2OS/c1-19-12-15(18)16-13-8-4-5-9-14(13)17-10-6-2-3-7-11-17/h4-5,8-9H,2-3,6-7,10-12H2,1H3,(H,16,18). The summed E-state index contributed by atoms with van der Waals surface area (Å²) in [5.74, 6) is 0.587. The molecule has 1 aromatic rings. The monoisotopic (exact) mass is 278 g/mol. The number of hydrogen-bond acceptors (Lipinski definition) is 3. The predicted octanol–water partition coefficient (Wildman–Crippen LogP) is 3.37. The molecule has 1 N–H and O–H groups in total. The van der Waals surface area contributed by atoms with Gasteiger partial charge in [0.05, 0.1) is 17.1 Å². The van der Waals surface area contributed by atoms with Crippen molar-refractivity contribution in [2.75, 3.05) is 35.3 Å². The molecule has 3 nitrogen and oxygen atoms in total. The van der Waals surface area contributed by atoms with Crippen LogP contribution in [0.2, 0.25) is 0 Å². The molecule has 0 aliphatic carbocycles. The Morgan fingerprint density at radius 2 is 1.89 bits per heavy atom. The Labute approximate surface area is 119 Å². The molecule has 0 saturated carbocycles. The second-order valence-corrected chi connectivity index (χ2v) is 5.77. The van der Waals surface area contributed by atoms with Crippen LogP contribution in [0.1, 0.15) is 25.7 Å². The summed E-state index contributed by atoms with van der Waals surface area (Å²) in [4.78, 5) is 14.2. The lowest BCUT2D eigenvalue weighted by molar-refractivity contribution is -0.113. The van der Waals surface area contributed by atoms with E-state index >= 15 is 0 Å². The zero-order chi connectivity index (χ0) is 13.5. The highest BCUT2D eigenvalue weighted by Crippen LogP contribution is 2.27. The third kappa shape index (κ3) is 4.16. The predicted molar refractivity (Wildman–Crippen MR) is 84.1 cm³/mol. The molecule has 1 aliphatic heterocycles. The van der Waals surface area contributed by atoms with Crippen LogP contribution in [0.3, 0.4) is 0 Å². The van der Waals surface area contributed by atoms with Crippen LogP contribution < -0.4 is 10.2 Å². The van der Waals surface area contributed by atoms with Gasteiger partial charge in [-0.25, -0.2) is 0 Å². The fourth-order valence-corrected chi connectivity index (χ4v) is 2.82. The quantitative estimate of drug-likeness (QED) is 0.916. The topological polar surface area (TPSA) is 32.3 Å². The first kappa shape index (κ1) is 14.3. The first-order chi connectivity index (χ1) is 9.31. The molecule has 0 atom stereocenters. The zero-order valence-corrected chi connectivity index (χ0v) is 12.3. The molecule has 0 bridgehead atoms. The maximum atomic E-state index is 11.8.